The van der Waals surface area contributed by atoms with Crippen molar-refractivity contribution in [2.45, 2.75) is 40.2 Å². The molecule has 22 heavy (non-hydrogen) atoms. The minimum atomic E-state index is -0.221. The van der Waals surface area contributed by atoms with E-state index in [-0.39, 0.29) is 17.5 Å². The van der Waals surface area contributed by atoms with E-state index in [1.165, 1.54) is 23.2 Å². The summed E-state index contributed by atoms with van der Waals surface area (Å²) in [5.41, 5.74) is 1.23. The number of nitrogens with zero attached hydrogens (tertiary/aromatic N) is 1. The molecular formula is C16H21N3O2S. The topological polar surface area (TPSA) is 74.8 Å². The van der Waals surface area contributed by atoms with Gasteiger partial charge in [0.25, 0.3) is 5.91 Å². The molecule has 0 bridgehead atoms. The van der Waals surface area contributed by atoms with E-state index in [2.05, 4.69) is 29.1 Å². The third kappa shape index (κ3) is 4.04. The van der Waals surface area contributed by atoms with Crippen molar-refractivity contribution >= 4 is 17.2 Å². The van der Waals surface area contributed by atoms with Gasteiger partial charge in [0.05, 0.1) is 17.3 Å². The maximum atomic E-state index is 12.4. The van der Waals surface area contributed by atoms with E-state index in [0.717, 1.165) is 17.1 Å². The minimum Gasteiger partial charge on any atom is -0.343 e. The van der Waals surface area contributed by atoms with Gasteiger partial charge >= 0.3 is 0 Å². The van der Waals surface area contributed by atoms with E-state index in [1.54, 1.807) is 11.3 Å². The Morgan fingerprint density at radius 1 is 1.36 bits per heavy atom. The SMILES string of the molecule is Cc1nc(C(CC(C)C)NC(=O)c2ccc(=O)[nH]c2)sc1C. The van der Waals surface area contributed by atoms with E-state index in [1.807, 2.05) is 13.8 Å². The summed E-state index contributed by atoms with van der Waals surface area (Å²) in [7, 11) is 0. The molecule has 0 spiro atoms. The van der Waals surface area contributed by atoms with Crippen molar-refractivity contribution < 1.29 is 4.79 Å². The first-order valence-corrected chi connectivity index (χ1v) is 8.12. The highest BCUT2D eigenvalue weighted by Crippen LogP contribution is 2.27. The fourth-order valence-corrected chi connectivity index (χ4v) is 3.12. The quantitative estimate of drug-likeness (QED) is 0.889. The summed E-state index contributed by atoms with van der Waals surface area (Å²) in [6, 6.07) is 2.76. The molecular weight excluding hydrogens is 298 g/mol. The van der Waals surface area contributed by atoms with E-state index in [4.69, 9.17) is 0 Å². The molecule has 0 fully saturated rings. The predicted molar refractivity (Wildman–Crippen MR) is 88.3 cm³/mol. The summed E-state index contributed by atoms with van der Waals surface area (Å²) >= 11 is 1.62. The molecule has 5 nitrogen and oxygen atoms in total. The van der Waals surface area contributed by atoms with Crippen LogP contribution in [0.5, 0.6) is 0 Å². The van der Waals surface area contributed by atoms with Crippen molar-refractivity contribution in [3.63, 3.8) is 0 Å². The van der Waals surface area contributed by atoms with Gasteiger partial charge in [0, 0.05) is 17.1 Å². The highest BCUT2D eigenvalue weighted by Gasteiger charge is 2.21. The molecule has 1 atom stereocenters. The summed E-state index contributed by atoms with van der Waals surface area (Å²) in [6.07, 6.45) is 2.25. The fourth-order valence-electron chi connectivity index (χ4n) is 2.13. The number of thiazole rings is 1. The van der Waals surface area contributed by atoms with Gasteiger partial charge in [0.1, 0.15) is 5.01 Å². The highest BCUT2D eigenvalue weighted by atomic mass is 32.1. The van der Waals surface area contributed by atoms with Crippen LogP contribution in [0.1, 0.15) is 52.2 Å². The molecule has 2 heterocycles. The van der Waals surface area contributed by atoms with Gasteiger partial charge in [0.2, 0.25) is 5.56 Å². The Balaban J connectivity index is 2.20. The summed E-state index contributed by atoms with van der Waals surface area (Å²) in [5.74, 6) is 0.234. The Kier molecular flexibility index (Phi) is 5.13. The van der Waals surface area contributed by atoms with E-state index in [0.29, 0.717) is 11.5 Å². The van der Waals surface area contributed by atoms with Gasteiger partial charge in [0.15, 0.2) is 0 Å². The normalized spacial score (nSPS) is 12.4. The zero-order valence-corrected chi connectivity index (χ0v) is 14.1. The lowest BCUT2D eigenvalue weighted by molar-refractivity contribution is 0.0931. The second-order valence-corrected chi connectivity index (χ2v) is 7.03. The monoisotopic (exact) mass is 319 g/mol. The van der Waals surface area contributed by atoms with Crippen molar-refractivity contribution in [1.29, 1.82) is 0 Å². The summed E-state index contributed by atoms with van der Waals surface area (Å²) in [6.45, 7) is 8.25. The smallest absolute Gasteiger partial charge is 0.253 e. The minimum absolute atomic E-state index is 0.114. The summed E-state index contributed by atoms with van der Waals surface area (Å²) in [5, 5.41) is 3.96. The van der Waals surface area contributed by atoms with Gasteiger partial charge < -0.3 is 10.3 Å². The highest BCUT2D eigenvalue weighted by molar-refractivity contribution is 7.11. The molecule has 2 aromatic rings. The Morgan fingerprint density at radius 3 is 2.59 bits per heavy atom. The number of aromatic amines is 1. The summed E-state index contributed by atoms with van der Waals surface area (Å²) in [4.78, 5) is 31.7. The number of carbonyl (C=O) groups is 1. The molecule has 118 valence electrons. The van der Waals surface area contributed by atoms with Crippen LogP contribution < -0.4 is 10.9 Å². The van der Waals surface area contributed by atoms with E-state index < -0.39 is 0 Å². The number of nitrogens with one attached hydrogen (secondary N) is 2. The molecule has 0 radical (unpaired) electrons. The van der Waals surface area contributed by atoms with Crippen molar-refractivity contribution in [2.75, 3.05) is 0 Å². The van der Waals surface area contributed by atoms with E-state index >= 15 is 0 Å². The van der Waals surface area contributed by atoms with Gasteiger partial charge in [-0.1, -0.05) is 13.8 Å². The van der Waals surface area contributed by atoms with Gasteiger partial charge in [-0.2, -0.15) is 0 Å². The average Bonchev–Trinajstić information content (AvgIpc) is 2.78. The predicted octanol–water partition coefficient (Wildman–Crippen LogP) is 2.97. The zero-order chi connectivity index (χ0) is 16.3. The Bertz CT molecular complexity index is 678. The number of H-pyrrole nitrogens is 1. The van der Waals surface area contributed by atoms with Crippen LogP contribution in [0, 0.1) is 19.8 Å². The second-order valence-electron chi connectivity index (χ2n) is 5.79. The van der Waals surface area contributed by atoms with Crippen molar-refractivity contribution in [3.05, 3.63) is 49.8 Å². The molecule has 1 unspecified atom stereocenters. The number of pyridine rings is 1. The molecule has 2 aromatic heterocycles. The number of hydrogen-bond acceptors (Lipinski definition) is 4. The Morgan fingerprint density at radius 2 is 2.09 bits per heavy atom. The number of amides is 1. The molecule has 0 aliphatic heterocycles. The molecule has 0 saturated carbocycles. The zero-order valence-electron chi connectivity index (χ0n) is 13.3. The lowest BCUT2D eigenvalue weighted by Crippen LogP contribution is -2.30. The van der Waals surface area contributed by atoms with Crippen LogP contribution in [0.25, 0.3) is 0 Å². The summed E-state index contributed by atoms with van der Waals surface area (Å²) < 4.78 is 0. The molecule has 2 N–H and O–H groups in total. The molecule has 1 amide bonds. The molecule has 2 rings (SSSR count). The van der Waals surface area contributed by atoms with Crippen LogP contribution in [0.4, 0.5) is 0 Å². The van der Waals surface area contributed by atoms with Crippen LogP contribution in [0.2, 0.25) is 0 Å². The first-order chi connectivity index (χ1) is 10.4. The Hall–Kier alpha value is -1.95. The molecule has 0 saturated heterocycles. The number of hydrogen-bond donors (Lipinski definition) is 2. The molecule has 0 aliphatic carbocycles. The Labute approximate surface area is 133 Å². The second kappa shape index (κ2) is 6.87. The maximum absolute atomic E-state index is 12.4. The third-order valence-corrected chi connectivity index (χ3v) is 4.59. The molecule has 6 heteroatoms. The van der Waals surface area contributed by atoms with Gasteiger partial charge in [-0.25, -0.2) is 4.98 Å². The first-order valence-electron chi connectivity index (χ1n) is 7.30. The first kappa shape index (κ1) is 16.4. The van der Waals surface area contributed by atoms with Crippen LogP contribution >= 0.6 is 11.3 Å². The number of carbonyl (C=O) groups excluding carboxylic acids is 1. The average molecular weight is 319 g/mol. The van der Waals surface area contributed by atoms with Crippen molar-refractivity contribution in [3.8, 4) is 0 Å². The molecule has 0 aromatic carbocycles. The standard InChI is InChI=1S/C16H21N3O2S/c1-9(2)7-13(16-18-10(3)11(4)22-16)19-15(21)12-5-6-14(20)17-8-12/h5-6,8-9,13H,7H2,1-4H3,(H,17,20)(H,19,21). The maximum Gasteiger partial charge on any atom is 0.253 e. The van der Waals surface area contributed by atoms with E-state index in [9.17, 15) is 9.59 Å². The number of aromatic nitrogens is 2. The lowest BCUT2D eigenvalue weighted by Gasteiger charge is -2.18. The van der Waals surface area contributed by atoms with Crippen LogP contribution in [0.15, 0.2) is 23.1 Å². The van der Waals surface area contributed by atoms with Crippen molar-refractivity contribution in [2.24, 2.45) is 5.92 Å². The van der Waals surface area contributed by atoms with Crippen LogP contribution in [-0.4, -0.2) is 15.9 Å². The third-order valence-electron chi connectivity index (χ3n) is 3.40. The van der Waals surface area contributed by atoms with Gasteiger partial charge in [-0.3, -0.25) is 9.59 Å². The number of aryl methyl sites for hydroxylation is 2. The lowest BCUT2D eigenvalue weighted by atomic mass is 10.0. The van der Waals surface area contributed by atoms with Crippen molar-refractivity contribution in [1.82, 2.24) is 15.3 Å². The van der Waals surface area contributed by atoms with Gasteiger partial charge in [-0.05, 0) is 32.3 Å². The van der Waals surface area contributed by atoms with Crippen LogP contribution in [-0.2, 0) is 0 Å². The van der Waals surface area contributed by atoms with Crippen LogP contribution in [0.3, 0.4) is 0 Å². The fraction of sp³-hybridized carbons (Fsp3) is 0.438. The number of rotatable bonds is 5. The molecule has 0 aliphatic rings. The largest absolute Gasteiger partial charge is 0.343 e. The van der Waals surface area contributed by atoms with Gasteiger partial charge in [-0.15, -0.1) is 11.3 Å².